The second-order valence-electron chi connectivity index (χ2n) is 9.13. The minimum Gasteiger partial charge on any atom is -0.480 e. The minimum atomic E-state index is -1.06. The highest BCUT2D eigenvalue weighted by Crippen LogP contribution is 2.29. The van der Waals surface area contributed by atoms with Crippen LogP contribution in [0.1, 0.15) is 40.4 Å². The summed E-state index contributed by atoms with van der Waals surface area (Å²) in [5.41, 5.74) is 4.58. The van der Waals surface area contributed by atoms with Crippen molar-refractivity contribution in [1.29, 1.82) is 0 Å². The number of thioether (sulfide) groups is 1. The molecule has 4 nitrogen and oxygen atoms in total. The lowest BCUT2D eigenvalue weighted by Crippen LogP contribution is -2.41. The number of hydrogen-bond donors (Lipinski definition) is 2. The minimum absolute atomic E-state index is 0.0959. The number of carboxylic acid groups (broad SMARTS) is 1. The SMILES string of the molecule is CSCCC(NC(=O)c1ccc(CC(C)Cc2cc(F)cc(F)c2)cc1-c1ccccc1C)C(=O)O. The first-order chi connectivity index (χ1) is 17.2. The Labute approximate surface area is 215 Å². The number of aryl methyl sites for hydroxylation is 1. The average molecular weight is 512 g/mol. The molecule has 0 aliphatic heterocycles. The fourth-order valence-corrected chi connectivity index (χ4v) is 4.82. The van der Waals surface area contributed by atoms with Crippen LogP contribution in [0.15, 0.2) is 60.7 Å². The molecule has 0 saturated heterocycles. The molecule has 0 radical (unpaired) electrons. The number of halogens is 2. The van der Waals surface area contributed by atoms with Crippen LogP contribution in [0, 0.1) is 24.5 Å². The van der Waals surface area contributed by atoms with Crippen LogP contribution in [0.4, 0.5) is 8.78 Å². The van der Waals surface area contributed by atoms with Crippen LogP contribution in [0.2, 0.25) is 0 Å². The van der Waals surface area contributed by atoms with Gasteiger partial charge >= 0.3 is 5.97 Å². The Hall–Kier alpha value is -3.19. The topological polar surface area (TPSA) is 66.4 Å². The zero-order chi connectivity index (χ0) is 26.2. The summed E-state index contributed by atoms with van der Waals surface area (Å²) in [6.45, 7) is 3.98. The number of rotatable bonds is 11. The van der Waals surface area contributed by atoms with Crippen molar-refractivity contribution in [3.8, 4) is 11.1 Å². The standard InChI is InChI=1S/C29H31F2NO3S/c1-18(13-21-14-22(30)17-23(31)15-21)12-20-8-9-25(26(16-20)24-7-5-4-6-19(24)2)28(33)32-27(29(34)35)10-11-36-3/h4-9,14-18,27H,10-13H2,1-3H3,(H,32,33)(H,34,35). The number of benzene rings is 3. The molecule has 0 spiro atoms. The van der Waals surface area contributed by atoms with E-state index in [-0.39, 0.29) is 5.92 Å². The first-order valence-corrected chi connectivity index (χ1v) is 13.2. The predicted octanol–water partition coefficient (Wildman–Crippen LogP) is 6.30. The maximum atomic E-state index is 13.6. The third-order valence-electron chi connectivity index (χ3n) is 6.07. The molecule has 0 saturated carbocycles. The first kappa shape index (κ1) is 27.4. The molecule has 0 aliphatic rings. The number of amides is 1. The molecule has 0 fully saturated rings. The third-order valence-corrected chi connectivity index (χ3v) is 6.71. The van der Waals surface area contributed by atoms with Crippen LogP contribution in [-0.4, -0.2) is 35.0 Å². The zero-order valence-corrected chi connectivity index (χ0v) is 21.5. The monoisotopic (exact) mass is 511 g/mol. The first-order valence-electron chi connectivity index (χ1n) is 11.8. The van der Waals surface area contributed by atoms with Gasteiger partial charge in [0.25, 0.3) is 5.91 Å². The van der Waals surface area contributed by atoms with Crippen LogP contribution in [-0.2, 0) is 17.6 Å². The van der Waals surface area contributed by atoms with Crippen LogP contribution in [0.5, 0.6) is 0 Å². The molecule has 0 bridgehead atoms. The van der Waals surface area contributed by atoms with Crippen molar-refractivity contribution in [2.75, 3.05) is 12.0 Å². The Morgan fingerprint density at radius 1 is 0.944 bits per heavy atom. The van der Waals surface area contributed by atoms with E-state index in [1.54, 1.807) is 6.07 Å². The van der Waals surface area contributed by atoms with Crippen LogP contribution >= 0.6 is 11.8 Å². The summed E-state index contributed by atoms with van der Waals surface area (Å²) in [6.07, 6.45) is 3.37. The summed E-state index contributed by atoms with van der Waals surface area (Å²) >= 11 is 1.53. The molecule has 7 heteroatoms. The molecule has 1 amide bonds. The van der Waals surface area contributed by atoms with Crippen molar-refractivity contribution in [2.45, 2.75) is 39.2 Å². The van der Waals surface area contributed by atoms with Crippen LogP contribution in [0.25, 0.3) is 11.1 Å². The molecule has 190 valence electrons. The average Bonchev–Trinajstić information content (AvgIpc) is 2.81. The number of carbonyl (C=O) groups excluding carboxylic acids is 1. The molecule has 36 heavy (non-hydrogen) atoms. The third kappa shape index (κ3) is 7.40. The Morgan fingerprint density at radius 2 is 1.61 bits per heavy atom. The van der Waals surface area contributed by atoms with Crippen molar-refractivity contribution in [2.24, 2.45) is 5.92 Å². The zero-order valence-electron chi connectivity index (χ0n) is 20.7. The molecule has 3 aromatic carbocycles. The second-order valence-corrected chi connectivity index (χ2v) is 10.1. The fraction of sp³-hybridized carbons (Fsp3) is 0.310. The van der Waals surface area contributed by atoms with Gasteiger partial charge < -0.3 is 10.4 Å². The summed E-state index contributed by atoms with van der Waals surface area (Å²) in [4.78, 5) is 24.9. The fourth-order valence-electron chi connectivity index (χ4n) is 4.35. The van der Waals surface area contributed by atoms with Gasteiger partial charge in [-0.3, -0.25) is 4.79 Å². The van der Waals surface area contributed by atoms with Crippen molar-refractivity contribution >= 4 is 23.6 Å². The van der Waals surface area contributed by atoms with E-state index in [9.17, 15) is 23.5 Å². The molecular weight excluding hydrogens is 480 g/mol. The van der Waals surface area contributed by atoms with E-state index in [0.29, 0.717) is 36.1 Å². The number of carboxylic acids is 1. The van der Waals surface area contributed by atoms with Gasteiger partial charge in [-0.25, -0.2) is 13.6 Å². The normalized spacial score (nSPS) is 12.7. The summed E-state index contributed by atoms with van der Waals surface area (Å²) < 4.78 is 27.2. The molecule has 0 aliphatic carbocycles. The van der Waals surface area contributed by atoms with E-state index >= 15 is 0 Å². The summed E-state index contributed by atoms with van der Waals surface area (Å²) in [5, 5.41) is 12.2. The van der Waals surface area contributed by atoms with Crippen molar-refractivity contribution in [1.82, 2.24) is 5.32 Å². The van der Waals surface area contributed by atoms with Gasteiger partial charge in [0.1, 0.15) is 17.7 Å². The predicted molar refractivity (Wildman–Crippen MR) is 141 cm³/mol. The summed E-state index contributed by atoms with van der Waals surface area (Å²) in [7, 11) is 0. The van der Waals surface area contributed by atoms with Gasteiger partial charge in [0.05, 0.1) is 0 Å². The molecule has 3 aromatic rings. The smallest absolute Gasteiger partial charge is 0.326 e. The Morgan fingerprint density at radius 3 is 2.25 bits per heavy atom. The van der Waals surface area contributed by atoms with Gasteiger partial charge in [0.15, 0.2) is 0 Å². The van der Waals surface area contributed by atoms with Crippen LogP contribution < -0.4 is 5.32 Å². The molecule has 2 atom stereocenters. The largest absolute Gasteiger partial charge is 0.480 e. The highest BCUT2D eigenvalue weighted by Gasteiger charge is 2.23. The van der Waals surface area contributed by atoms with Crippen LogP contribution in [0.3, 0.4) is 0 Å². The lowest BCUT2D eigenvalue weighted by Gasteiger charge is -2.18. The number of hydrogen-bond acceptors (Lipinski definition) is 3. The van der Waals surface area contributed by atoms with Gasteiger partial charge in [-0.2, -0.15) is 11.8 Å². The number of carbonyl (C=O) groups is 2. The molecule has 2 N–H and O–H groups in total. The molecule has 2 unspecified atom stereocenters. The lowest BCUT2D eigenvalue weighted by atomic mass is 9.89. The highest BCUT2D eigenvalue weighted by molar-refractivity contribution is 7.98. The Kier molecular flexibility index (Phi) is 9.65. The van der Waals surface area contributed by atoms with Gasteiger partial charge in [0, 0.05) is 11.6 Å². The molecular formula is C29H31F2NO3S. The van der Waals surface area contributed by atoms with E-state index in [1.165, 1.54) is 23.9 Å². The molecule has 0 aromatic heterocycles. The lowest BCUT2D eigenvalue weighted by molar-refractivity contribution is -0.139. The van der Waals surface area contributed by atoms with E-state index < -0.39 is 29.6 Å². The van der Waals surface area contributed by atoms with Gasteiger partial charge in [0.2, 0.25) is 0 Å². The van der Waals surface area contributed by atoms with Crippen molar-refractivity contribution in [3.05, 3.63) is 94.6 Å². The molecule has 3 rings (SSSR count). The summed E-state index contributed by atoms with van der Waals surface area (Å²) in [5.74, 6) is -1.96. The number of aliphatic carboxylic acids is 1. The molecule has 0 heterocycles. The maximum absolute atomic E-state index is 13.6. The summed E-state index contributed by atoms with van der Waals surface area (Å²) in [6, 6.07) is 15.9. The van der Waals surface area contributed by atoms with E-state index in [2.05, 4.69) is 5.32 Å². The van der Waals surface area contributed by atoms with Gasteiger partial charge in [-0.05, 0) is 90.1 Å². The van der Waals surface area contributed by atoms with Crippen molar-refractivity contribution < 1.29 is 23.5 Å². The Bertz CT molecular complexity index is 1210. The number of nitrogens with one attached hydrogen (secondary N) is 1. The quantitative estimate of drug-likeness (QED) is 0.317. The highest BCUT2D eigenvalue weighted by atomic mass is 32.2. The van der Waals surface area contributed by atoms with E-state index in [4.69, 9.17) is 0 Å². The van der Waals surface area contributed by atoms with Gasteiger partial charge in [-0.15, -0.1) is 0 Å². The van der Waals surface area contributed by atoms with Crippen molar-refractivity contribution in [3.63, 3.8) is 0 Å². The van der Waals surface area contributed by atoms with E-state index in [0.717, 1.165) is 28.3 Å². The van der Waals surface area contributed by atoms with Gasteiger partial charge in [-0.1, -0.05) is 43.3 Å². The Balaban J connectivity index is 1.89. The second kappa shape index (κ2) is 12.7. The van der Waals surface area contributed by atoms with E-state index in [1.807, 2.05) is 56.5 Å². The maximum Gasteiger partial charge on any atom is 0.326 e.